The van der Waals surface area contributed by atoms with Gasteiger partial charge in [0.25, 0.3) is 0 Å². The Morgan fingerprint density at radius 3 is 2.86 bits per heavy atom. The number of nitriles is 2. The maximum atomic E-state index is 8.68. The minimum atomic E-state index is 0.0317. The van der Waals surface area contributed by atoms with Crippen LogP contribution in [-0.2, 0) is 12.8 Å². The average Bonchev–Trinajstić information content (AvgIpc) is 3.16. The van der Waals surface area contributed by atoms with Crippen LogP contribution in [0.3, 0.4) is 0 Å². The van der Waals surface area contributed by atoms with Crippen LogP contribution in [0.25, 0.3) is 11.3 Å². The molecule has 0 spiro atoms. The Hall–Kier alpha value is -2.63. The van der Waals surface area contributed by atoms with Crippen LogP contribution in [0, 0.1) is 22.7 Å². The first-order chi connectivity index (χ1) is 10.3. The molecule has 0 bridgehead atoms. The van der Waals surface area contributed by atoms with Gasteiger partial charge < -0.3 is 5.32 Å². The second-order valence-electron chi connectivity index (χ2n) is 4.80. The summed E-state index contributed by atoms with van der Waals surface area (Å²) in [5.74, 6) is 0. The number of hydrogen-bond acceptors (Lipinski definition) is 5. The Labute approximate surface area is 127 Å². The molecule has 0 radical (unpaired) electrons. The number of thiazole rings is 1. The topological polar surface area (TPSA) is 72.5 Å². The van der Waals surface area contributed by atoms with E-state index in [1.165, 1.54) is 41.5 Å². The van der Waals surface area contributed by atoms with E-state index in [1.54, 1.807) is 12.1 Å². The minimum Gasteiger partial charge on any atom is -0.336 e. The fraction of sp³-hybridized carbons (Fsp3) is 0.188. The fourth-order valence-corrected chi connectivity index (χ4v) is 3.12. The SMILES string of the molecule is N#CC(C#N)=CNc1nc(-c2ccc3c(c2)CCC3)cs1. The molecule has 1 N–H and O–H groups in total. The van der Waals surface area contributed by atoms with Gasteiger partial charge in [0.2, 0.25) is 0 Å². The molecule has 1 aromatic carbocycles. The van der Waals surface area contributed by atoms with Crippen LogP contribution in [-0.4, -0.2) is 4.98 Å². The van der Waals surface area contributed by atoms with E-state index in [-0.39, 0.29) is 5.57 Å². The normalized spacial score (nSPS) is 12.1. The Kier molecular flexibility index (Phi) is 3.68. The van der Waals surface area contributed by atoms with Crippen LogP contribution < -0.4 is 5.32 Å². The smallest absolute Gasteiger partial charge is 0.187 e. The molecule has 0 aliphatic heterocycles. The fourth-order valence-electron chi connectivity index (χ4n) is 2.43. The Balaban J connectivity index is 1.81. The molecular formula is C16H12N4S. The van der Waals surface area contributed by atoms with E-state index in [1.807, 2.05) is 5.38 Å². The first kappa shape index (κ1) is 13.4. The number of allylic oxidation sites excluding steroid dienone is 1. The van der Waals surface area contributed by atoms with Gasteiger partial charge in [-0.1, -0.05) is 12.1 Å². The van der Waals surface area contributed by atoms with Gasteiger partial charge in [-0.25, -0.2) is 4.98 Å². The van der Waals surface area contributed by atoms with Crippen LogP contribution in [0.15, 0.2) is 35.4 Å². The number of rotatable bonds is 3. The van der Waals surface area contributed by atoms with E-state index in [9.17, 15) is 0 Å². The molecule has 2 aromatic rings. The minimum absolute atomic E-state index is 0.0317. The van der Waals surface area contributed by atoms with E-state index in [4.69, 9.17) is 10.5 Å². The summed E-state index contributed by atoms with van der Waals surface area (Å²) in [6, 6.07) is 10.1. The molecule has 1 heterocycles. The van der Waals surface area contributed by atoms with Gasteiger partial charge in [-0.2, -0.15) is 10.5 Å². The third-order valence-corrected chi connectivity index (χ3v) is 4.25. The van der Waals surface area contributed by atoms with Gasteiger partial charge in [0.05, 0.1) is 5.69 Å². The standard InChI is InChI=1S/C16H12N4S/c17-7-11(8-18)9-19-16-20-15(10-21-16)14-5-4-12-2-1-3-13(12)6-14/h4-6,9-10H,1-3H2,(H,19,20). The van der Waals surface area contributed by atoms with Crippen LogP contribution in [0.5, 0.6) is 0 Å². The lowest BCUT2D eigenvalue weighted by Crippen LogP contribution is -1.89. The predicted molar refractivity (Wildman–Crippen MR) is 82.5 cm³/mol. The second-order valence-corrected chi connectivity index (χ2v) is 5.66. The molecule has 0 amide bonds. The van der Waals surface area contributed by atoms with Gasteiger partial charge in [-0.15, -0.1) is 11.3 Å². The third-order valence-electron chi connectivity index (χ3n) is 3.48. The summed E-state index contributed by atoms with van der Waals surface area (Å²) >= 11 is 1.45. The first-order valence-electron chi connectivity index (χ1n) is 6.65. The van der Waals surface area contributed by atoms with Gasteiger partial charge >= 0.3 is 0 Å². The van der Waals surface area contributed by atoms with E-state index >= 15 is 0 Å². The first-order valence-corrected chi connectivity index (χ1v) is 7.53. The zero-order chi connectivity index (χ0) is 14.7. The molecule has 21 heavy (non-hydrogen) atoms. The van der Waals surface area contributed by atoms with Crippen molar-refractivity contribution in [2.45, 2.75) is 19.3 Å². The largest absolute Gasteiger partial charge is 0.336 e. The lowest BCUT2D eigenvalue weighted by molar-refractivity contribution is 0.912. The molecular weight excluding hydrogens is 280 g/mol. The molecule has 1 aliphatic carbocycles. The molecule has 1 aliphatic rings. The van der Waals surface area contributed by atoms with Crippen molar-refractivity contribution in [2.75, 3.05) is 5.32 Å². The van der Waals surface area contributed by atoms with Gasteiger partial charge in [-0.3, -0.25) is 0 Å². The van der Waals surface area contributed by atoms with Gasteiger partial charge in [0.15, 0.2) is 5.13 Å². The summed E-state index contributed by atoms with van der Waals surface area (Å²) in [6.45, 7) is 0. The van der Waals surface area contributed by atoms with Crippen molar-refractivity contribution < 1.29 is 0 Å². The molecule has 0 saturated heterocycles. The van der Waals surface area contributed by atoms with Crippen molar-refractivity contribution in [2.24, 2.45) is 0 Å². The summed E-state index contributed by atoms with van der Waals surface area (Å²) in [5.41, 5.74) is 4.93. The van der Waals surface area contributed by atoms with Crippen molar-refractivity contribution in [1.29, 1.82) is 10.5 Å². The van der Waals surface area contributed by atoms with Crippen molar-refractivity contribution in [3.63, 3.8) is 0 Å². The van der Waals surface area contributed by atoms with Crippen LogP contribution in [0.2, 0.25) is 0 Å². The average molecular weight is 292 g/mol. The van der Waals surface area contributed by atoms with Crippen molar-refractivity contribution in [1.82, 2.24) is 4.98 Å². The van der Waals surface area contributed by atoms with Crippen molar-refractivity contribution >= 4 is 16.5 Å². The number of nitrogens with one attached hydrogen (secondary N) is 1. The number of benzene rings is 1. The number of fused-ring (bicyclic) bond motifs is 1. The van der Waals surface area contributed by atoms with Crippen LogP contribution in [0.4, 0.5) is 5.13 Å². The maximum absolute atomic E-state index is 8.68. The number of anilines is 1. The van der Waals surface area contributed by atoms with Crippen molar-refractivity contribution in [3.8, 4) is 23.4 Å². The number of aryl methyl sites for hydroxylation is 2. The Bertz CT molecular complexity index is 773. The zero-order valence-electron chi connectivity index (χ0n) is 11.3. The number of nitrogens with zero attached hydrogens (tertiary/aromatic N) is 3. The zero-order valence-corrected chi connectivity index (χ0v) is 12.1. The van der Waals surface area contributed by atoms with Gasteiger partial charge in [0.1, 0.15) is 17.7 Å². The molecule has 1 aromatic heterocycles. The summed E-state index contributed by atoms with van der Waals surface area (Å²) in [5, 5.41) is 22.9. The number of aromatic nitrogens is 1. The monoisotopic (exact) mass is 292 g/mol. The third kappa shape index (κ3) is 2.79. The predicted octanol–water partition coefficient (Wildman–Crippen LogP) is 3.64. The molecule has 102 valence electrons. The molecule has 0 fully saturated rings. The highest BCUT2D eigenvalue weighted by Crippen LogP contribution is 2.30. The summed E-state index contributed by atoms with van der Waals surface area (Å²) in [4.78, 5) is 4.49. The molecule has 0 atom stereocenters. The summed E-state index contributed by atoms with van der Waals surface area (Å²) in [6.07, 6.45) is 4.94. The van der Waals surface area contributed by atoms with E-state index < -0.39 is 0 Å². The summed E-state index contributed by atoms with van der Waals surface area (Å²) in [7, 11) is 0. The highest BCUT2D eigenvalue weighted by Gasteiger charge is 2.12. The van der Waals surface area contributed by atoms with Crippen LogP contribution in [0.1, 0.15) is 17.5 Å². The van der Waals surface area contributed by atoms with Crippen molar-refractivity contribution in [3.05, 3.63) is 46.5 Å². The second kappa shape index (κ2) is 5.78. The Morgan fingerprint density at radius 1 is 1.24 bits per heavy atom. The van der Waals surface area contributed by atoms with Crippen LogP contribution >= 0.6 is 11.3 Å². The van der Waals surface area contributed by atoms with E-state index in [0.717, 1.165) is 17.7 Å². The van der Waals surface area contributed by atoms with Gasteiger partial charge in [-0.05, 0) is 36.5 Å². The van der Waals surface area contributed by atoms with E-state index in [2.05, 4.69) is 28.5 Å². The lowest BCUT2D eigenvalue weighted by Gasteiger charge is -2.02. The summed E-state index contributed by atoms with van der Waals surface area (Å²) < 4.78 is 0. The molecule has 5 heteroatoms. The Morgan fingerprint density at radius 2 is 2.05 bits per heavy atom. The van der Waals surface area contributed by atoms with Gasteiger partial charge in [0, 0.05) is 17.1 Å². The molecule has 0 unspecified atom stereocenters. The van der Waals surface area contributed by atoms with E-state index in [0.29, 0.717) is 5.13 Å². The quantitative estimate of drug-likeness (QED) is 0.876. The molecule has 0 saturated carbocycles. The highest BCUT2D eigenvalue weighted by molar-refractivity contribution is 7.14. The number of hydrogen-bond donors (Lipinski definition) is 1. The maximum Gasteiger partial charge on any atom is 0.187 e. The lowest BCUT2D eigenvalue weighted by atomic mass is 10.1. The molecule has 4 nitrogen and oxygen atoms in total. The molecule has 3 rings (SSSR count). The highest BCUT2D eigenvalue weighted by atomic mass is 32.1.